The van der Waals surface area contributed by atoms with Crippen LogP contribution in [0.5, 0.6) is 0 Å². The molecule has 0 aliphatic rings. The molecular formula is C9H13ClN2O2S. The summed E-state index contributed by atoms with van der Waals surface area (Å²) in [7, 11) is 1.59. The van der Waals surface area contributed by atoms with Gasteiger partial charge in [0.1, 0.15) is 16.8 Å². The quantitative estimate of drug-likeness (QED) is 0.472. The van der Waals surface area contributed by atoms with Gasteiger partial charge in [-0.05, 0) is 6.42 Å². The first-order valence-corrected chi connectivity index (χ1v) is 5.88. The zero-order valence-electron chi connectivity index (χ0n) is 8.44. The summed E-state index contributed by atoms with van der Waals surface area (Å²) in [5.74, 6) is 1.40. The lowest BCUT2D eigenvalue weighted by Gasteiger charge is -2.03. The Bertz CT molecular complexity index is 312. The smallest absolute Gasteiger partial charge is 0.156 e. The Morgan fingerprint density at radius 3 is 3.00 bits per heavy atom. The molecule has 6 heteroatoms. The van der Waals surface area contributed by atoms with Gasteiger partial charge in [-0.15, -0.1) is 11.8 Å². The van der Waals surface area contributed by atoms with Crippen molar-refractivity contribution < 1.29 is 9.84 Å². The second-order valence-electron chi connectivity index (χ2n) is 2.80. The average Bonchev–Trinajstić information content (AvgIpc) is 2.18. The first-order chi connectivity index (χ1) is 7.26. The fourth-order valence-electron chi connectivity index (χ4n) is 0.951. The highest BCUT2D eigenvalue weighted by Crippen LogP contribution is 2.19. The van der Waals surface area contributed by atoms with Gasteiger partial charge >= 0.3 is 0 Å². The topological polar surface area (TPSA) is 55.2 Å². The van der Waals surface area contributed by atoms with Crippen molar-refractivity contribution in [2.24, 2.45) is 0 Å². The Morgan fingerprint density at radius 1 is 1.53 bits per heavy atom. The van der Waals surface area contributed by atoms with Crippen LogP contribution in [0.15, 0.2) is 11.1 Å². The number of thioether (sulfide) groups is 1. The molecule has 1 N–H and O–H groups in total. The van der Waals surface area contributed by atoms with Crippen LogP contribution < -0.4 is 0 Å². The van der Waals surface area contributed by atoms with E-state index in [4.69, 9.17) is 21.4 Å². The largest absolute Gasteiger partial charge is 0.396 e. The van der Waals surface area contributed by atoms with Crippen LogP contribution in [0.4, 0.5) is 0 Å². The molecule has 1 heterocycles. The van der Waals surface area contributed by atoms with Crippen molar-refractivity contribution in [3.05, 3.63) is 17.0 Å². The lowest BCUT2D eigenvalue weighted by molar-refractivity contribution is 0.177. The van der Waals surface area contributed by atoms with Crippen LogP contribution in [0.1, 0.15) is 12.2 Å². The molecule has 0 aromatic carbocycles. The summed E-state index contributed by atoms with van der Waals surface area (Å²) in [6.45, 7) is 0.546. The molecule has 0 unspecified atom stereocenters. The number of ether oxygens (including phenoxy) is 1. The minimum atomic E-state index is 0.191. The van der Waals surface area contributed by atoms with E-state index in [1.807, 2.05) is 0 Å². The van der Waals surface area contributed by atoms with Gasteiger partial charge in [-0.2, -0.15) is 0 Å². The van der Waals surface area contributed by atoms with E-state index in [-0.39, 0.29) is 6.61 Å². The van der Waals surface area contributed by atoms with E-state index in [0.717, 1.165) is 17.2 Å². The van der Waals surface area contributed by atoms with Crippen LogP contribution in [0.25, 0.3) is 0 Å². The summed E-state index contributed by atoms with van der Waals surface area (Å²) >= 11 is 7.38. The molecule has 0 radical (unpaired) electrons. The maximum atomic E-state index is 8.65. The Labute approximate surface area is 98.0 Å². The second-order valence-corrected chi connectivity index (χ2v) is 4.31. The molecule has 0 aliphatic heterocycles. The second kappa shape index (κ2) is 7.00. The van der Waals surface area contributed by atoms with E-state index in [0.29, 0.717) is 17.6 Å². The monoisotopic (exact) mass is 248 g/mol. The number of rotatable bonds is 6. The highest BCUT2D eigenvalue weighted by atomic mass is 35.5. The fourth-order valence-corrected chi connectivity index (χ4v) is 2.06. The van der Waals surface area contributed by atoms with Gasteiger partial charge in [0, 0.05) is 25.5 Å². The minimum Gasteiger partial charge on any atom is -0.396 e. The van der Waals surface area contributed by atoms with Crippen molar-refractivity contribution in [2.75, 3.05) is 19.5 Å². The highest BCUT2D eigenvalue weighted by molar-refractivity contribution is 7.99. The molecule has 0 bridgehead atoms. The van der Waals surface area contributed by atoms with E-state index in [1.165, 1.54) is 0 Å². The van der Waals surface area contributed by atoms with Gasteiger partial charge in [0.05, 0.1) is 0 Å². The zero-order valence-corrected chi connectivity index (χ0v) is 10.0. The van der Waals surface area contributed by atoms with Gasteiger partial charge < -0.3 is 9.84 Å². The van der Waals surface area contributed by atoms with Crippen molar-refractivity contribution >= 4 is 23.4 Å². The minimum absolute atomic E-state index is 0.191. The zero-order chi connectivity index (χ0) is 11.1. The Balaban J connectivity index is 2.62. The molecular weight excluding hydrogens is 236 g/mol. The molecule has 0 saturated heterocycles. The number of halogens is 1. The van der Waals surface area contributed by atoms with E-state index in [1.54, 1.807) is 24.9 Å². The third-order valence-electron chi connectivity index (χ3n) is 1.54. The highest BCUT2D eigenvalue weighted by Gasteiger charge is 2.03. The Morgan fingerprint density at radius 2 is 2.33 bits per heavy atom. The first-order valence-electron chi connectivity index (χ1n) is 4.52. The van der Waals surface area contributed by atoms with Gasteiger partial charge in [0.25, 0.3) is 0 Å². The van der Waals surface area contributed by atoms with Gasteiger partial charge in [0.15, 0.2) is 5.82 Å². The normalized spacial score (nSPS) is 10.6. The van der Waals surface area contributed by atoms with Gasteiger partial charge in [-0.25, -0.2) is 9.97 Å². The molecule has 0 fully saturated rings. The number of nitrogens with zero attached hydrogens (tertiary/aromatic N) is 2. The summed E-state index contributed by atoms with van der Waals surface area (Å²) in [4.78, 5) is 8.27. The van der Waals surface area contributed by atoms with Crippen molar-refractivity contribution in [3.63, 3.8) is 0 Å². The van der Waals surface area contributed by atoms with Gasteiger partial charge in [-0.3, -0.25) is 0 Å². The Hall–Kier alpha value is -0.360. The number of aliphatic hydroxyl groups is 1. The summed E-state index contributed by atoms with van der Waals surface area (Å²) in [6.07, 6.45) is 0.742. The molecule has 0 spiro atoms. The standard InChI is InChI=1S/C9H13ClN2O2S/c1-14-6-8-11-7(10)5-9(12-8)15-4-2-3-13/h5,13H,2-4,6H2,1H3. The molecule has 4 nitrogen and oxygen atoms in total. The predicted molar refractivity (Wildman–Crippen MR) is 60.2 cm³/mol. The summed E-state index contributed by atoms with van der Waals surface area (Å²) < 4.78 is 4.93. The molecule has 0 saturated carbocycles. The average molecular weight is 249 g/mol. The summed E-state index contributed by atoms with van der Waals surface area (Å²) in [6, 6.07) is 1.71. The SMILES string of the molecule is COCc1nc(Cl)cc(SCCCO)n1. The number of methoxy groups -OCH3 is 1. The van der Waals surface area contributed by atoms with Crippen LogP contribution >= 0.6 is 23.4 Å². The number of hydrogen-bond acceptors (Lipinski definition) is 5. The molecule has 1 aromatic heterocycles. The molecule has 1 rings (SSSR count). The van der Waals surface area contributed by atoms with E-state index in [9.17, 15) is 0 Å². The third kappa shape index (κ3) is 4.79. The van der Waals surface area contributed by atoms with Crippen molar-refractivity contribution in [1.29, 1.82) is 0 Å². The van der Waals surface area contributed by atoms with Crippen molar-refractivity contribution in [1.82, 2.24) is 9.97 Å². The predicted octanol–water partition coefficient (Wildman–Crippen LogP) is 1.75. The number of aromatic nitrogens is 2. The van der Waals surface area contributed by atoms with E-state index in [2.05, 4.69) is 9.97 Å². The van der Waals surface area contributed by atoms with Crippen LogP contribution in [0, 0.1) is 0 Å². The molecule has 1 aromatic rings. The maximum Gasteiger partial charge on any atom is 0.156 e. The fraction of sp³-hybridized carbons (Fsp3) is 0.556. The lowest BCUT2D eigenvalue weighted by atomic mass is 10.5. The van der Waals surface area contributed by atoms with Crippen LogP contribution in [-0.2, 0) is 11.3 Å². The Kier molecular flexibility index (Phi) is 5.93. The van der Waals surface area contributed by atoms with Crippen LogP contribution in [0.3, 0.4) is 0 Å². The molecule has 0 aliphatic carbocycles. The van der Waals surface area contributed by atoms with Gasteiger partial charge in [0.2, 0.25) is 0 Å². The molecule has 84 valence electrons. The third-order valence-corrected chi connectivity index (χ3v) is 2.73. The lowest BCUT2D eigenvalue weighted by Crippen LogP contribution is -1.98. The number of hydrogen-bond donors (Lipinski definition) is 1. The van der Waals surface area contributed by atoms with E-state index >= 15 is 0 Å². The first kappa shape index (κ1) is 12.7. The number of aliphatic hydroxyl groups excluding tert-OH is 1. The molecule has 0 atom stereocenters. The summed E-state index contributed by atoms with van der Waals surface area (Å²) in [5, 5.41) is 9.88. The maximum absolute atomic E-state index is 8.65. The van der Waals surface area contributed by atoms with E-state index < -0.39 is 0 Å². The molecule has 0 amide bonds. The summed E-state index contributed by atoms with van der Waals surface area (Å²) in [5.41, 5.74) is 0. The van der Waals surface area contributed by atoms with Gasteiger partial charge in [-0.1, -0.05) is 11.6 Å². The van der Waals surface area contributed by atoms with Crippen molar-refractivity contribution in [2.45, 2.75) is 18.1 Å². The van der Waals surface area contributed by atoms with Crippen molar-refractivity contribution in [3.8, 4) is 0 Å². The van der Waals surface area contributed by atoms with Crippen LogP contribution in [-0.4, -0.2) is 34.5 Å². The van der Waals surface area contributed by atoms with Crippen LogP contribution in [0.2, 0.25) is 5.15 Å². The molecule has 15 heavy (non-hydrogen) atoms.